The van der Waals surface area contributed by atoms with Gasteiger partial charge in [-0.1, -0.05) is 0 Å². The molecule has 13 heavy (non-hydrogen) atoms. The van der Waals surface area contributed by atoms with Crippen molar-refractivity contribution in [2.45, 2.75) is 26.3 Å². The number of carbonyl (C=O) groups is 1. The van der Waals surface area contributed by atoms with Gasteiger partial charge in [-0.05, 0) is 48.1 Å². The van der Waals surface area contributed by atoms with E-state index in [0.717, 1.165) is 9.35 Å². The summed E-state index contributed by atoms with van der Waals surface area (Å²) in [5.41, 5.74) is -0.180. The van der Waals surface area contributed by atoms with Crippen molar-refractivity contribution < 1.29 is 4.79 Å². The number of hydrogen-bond acceptors (Lipinski definition) is 2. The largest absolute Gasteiger partial charge is 0.347 e. The van der Waals surface area contributed by atoms with Gasteiger partial charge in [0.05, 0.1) is 0 Å². The lowest BCUT2D eigenvalue weighted by molar-refractivity contribution is 0.0923. The van der Waals surface area contributed by atoms with E-state index in [1.165, 1.54) is 11.3 Å². The summed E-state index contributed by atoms with van der Waals surface area (Å²) in [4.78, 5) is 12.3. The first-order chi connectivity index (χ1) is 5.90. The van der Waals surface area contributed by atoms with Crippen molar-refractivity contribution in [3.8, 4) is 0 Å². The molecule has 1 rings (SSSR count). The lowest BCUT2D eigenvalue weighted by Crippen LogP contribution is -2.40. The first-order valence-corrected chi connectivity index (χ1v) is 5.63. The van der Waals surface area contributed by atoms with Gasteiger partial charge in [-0.25, -0.2) is 0 Å². The zero-order valence-electron chi connectivity index (χ0n) is 7.85. The van der Waals surface area contributed by atoms with E-state index < -0.39 is 0 Å². The molecule has 0 atom stereocenters. The van der Waals surface area contributed by atoms with E-state index in [4.69, 9.17) is 0 Å². The standard InChI is InChI=1S/C9H12BrNOS/c1-9(2,3)11-8(12)7-6(10)4-5-13-7/h4-5H,1-3H3,(H,11,12). The van der Waals surface area contributed by atoms with E-state index in [0.29, 0.717) is 0 Å². The van der Waals surface area contributed by atoms with E-state index in [2.05, 4.69) is 21.2 Å². The van der Waals surface area contributed by atoms with Crippen LogP contribution in [0.3, 0.4) is 0 Å². The SMILES string of the molecule is CC(C)(C)NC(=O)c1sccc1Br. The number of rotatable bonds is 1. The van der Waals surface area contributed by atoms with Gasteiger partial charge in [0.15, 0.2) is 0 Å². The van der Waals surface area contributed by atoms with E-state index in [1.807, 2.05) is 32.2 Å². The summed E-state index contributed by atoms with van der Waals surface area (Å²) in [7, 11) is 0. The highest BCUT2D eigenvalue weighted by Gasteiger charge is 2.17. The summed E-state index contributed by atoms with van der Waals surface area (Å²) in [6.45, 7) is 5.89. The van der Waals surface area contributed by atoms with Gasteiger partial charge in [0.25, 0.3) is 5.91 Å². The fraction of sp³-hybridized carbons (Fsp3) is 0.444. The molecule has 2 nitrogen and oxygen atoms in total. The van der Waals surface area contributed by atoms with Crippen LogP contribution in [0.1, 0.15) is 30.4 Å². The zero-order valence-corrected chi connectivity index (χ0v) is 10.3. The maximum Gasteiger partial charge on any atom is 0.262 e. The van der Waals surface area contributed by atoms with Gasteiger partial charge in [-0.2, -0.15) is 0 Å². The smallest absolute Gasteiger partial charge is 0.262 e. The Bertz CT molecular complexity index is 314. The Hall–Kier alpha value is -0.350. The van der Waals surface area contributed by atoms with Crippen molar-refractivity contribution in [2.75, 3.05) is 0 Å². The summed E-state index contributed by atoms with van der Waals surface area (Å²) >= 11 is 4.76. The highest BCUT2D eigenvalue weighted by atomic mass is 79.9. The third-order valence-corrected chi connectivity index (χ3v) is 3.15. The second-order valence-electron chi connectivity index (χ2n) is 3.80. The minimum atomic E-state index is -0.180. The molecule has 0 bridgehead atoms. The molecule has 1 N–H and O–H groups in total. The van der Waals surface area contributed by atoms with Crippen LogP contribution in [0, 0.1) is 0 Å². The van der Waals surface area contributed by atoms with Gasteiger partial charge in [0, 0.05) is 10.0 Å². The first-order valence-electron chi connectivity index (χ1n) is 3.95. The highest BCUT2D eigenvalue weighted by Crippen LogP contribution is 2.22. The summed E-state index contributed by atoms with van der Waals surface area (Å²) in [6.07, 6.45) is 0. The van der Waals surface area contributed by atoms with Gasteiger partial charge < -0.3 is 5.32 Å². The predicted molar refractivity (Wildman–Crippen MR) is 59.2 cm³/mol. The molecule has 0 spiro atoms. The maximum absolute atomic E-state index is 11.6. The number of carbonyl (C=O) groups excluding carboxylic acids is 1. The van der Waals surface area contributed by atoms with Crippen LogP contribution in [-0.2, 0) is 0 Å². The maximum atomic E-state index is 11.6. The van der Waals surface area contributed by atoms with Gasteiger partial charge in [0.1, 0.15) is 4.88 Å². The summed E-state index contributed by atoms with van der Waals surface area (Å²) in [5, 5.41) is 4.79. The van der Waals surface area contributed by atoms with Crippen molar-refractivity contribution in [3.63, 3.8) is 0 Å². The molecule has 0 aliphatic heterocycles. The molecular weight excluding hydrogens is 250 g/mol. The lowest BCUT2D eigenvalue weighted by Gasteiger charge is -2.19. The Morgan fingerprint density at radius 1 is 1.54 bits per heavy atom. The van der Waals surface area contributed by atoms with Crippen molar-refractivity contribution in [2.24, 2.45) is 0 Å². The van der Waals surface area contributed by atoms with Crippen molar-refractivity contribution in [1.29, 1.82) is 0 Å². The fourth-order valence-corrected chi connectivity index (χ4v) is 2.30. The van der Waals surface area contributed by atoms with Gasteiger partial charge >= 0.3 is 0 Å². The Balaban J connectivity index is 2.76. The molecular formula is C9H12BrNOS. The Morgan fingerprint density at radius 2 is 2.15 bits per heavy atom. The molecule has 0 saturated carbocycles. The lowest BCUT2D eigenvalue weighted by atomic mass is 10.1. The van der Waals surface area contributed by atoms with E-state index in [9.17, 15) is 4.79 Å². The third-order valence-electron chi connectivity index (χ3n) is 1.31. The molecule has 1 amide bonds. The topological polar surface area (TPSA) is 29.1 Å². The summed E-state index contributed by atoms with van der Waals surface area (Å²) in [5.74, 6) is -0.0191. The van der Waals surface area contributed by atoms with Crippen LogP contribution in [0.25, 0.3) is 0 Å². The van der Waals surface area contributed by atoms with Gasteiger partial charge in [-0.15, -0.1) is 11.3 Å². The van der Waals surface area contributed by atoms with Crippen LogP contribution in [0.4, 0.5) is 0 Å². The summed E-state index contributed by atoms with van der Waals surface area (Å²) < 4.78 is 0.860. The van der Waals surface area contributed by atoms with Gasteiger partial charge in [0.2, 0.25) is 0 Å². The van der Waals surface area contributed by atoms with Crippen LogP contribution in [0.15, 0.2) is 15.9 Å². The molecule has 1 heterocycles. The number of nitrogens with one attached hydrogen (secondary N) is 1. The number of amides is 1. The monoisotopic (exact) mass is 261 g/mol. The number of hydrogen-bond donors (Lipinski definition) is 1. The first kappa shape index (κ1) is 10.7. The molecule has 0 saturated heterocycles. The molecule has 1 aromatic rings. The molecule has 0 unspecified atom stereocenters. The van der Waals surface area contributed by atoms with Crippen molar-refractivity contribution in [1.82, 2.24) is 5.32 Å². The van der Waals surface area contributed by atoms with E-state index >= 15 is 0 Å². The van der Waals surface area contributed by atoms with Crippen molar-refractivity contribution >= 4 is 33.2 Å². The Labute approximate surface area is 90.5 Å². The van der Waals surface area contributed by atoms with Crippen LogP contribution in [-0.4, -0.2) is 11.4 Å². The summed E-state index contributed by atoms with van der Waals surface area (Å²) in [6, 6.07) is 1.88. The minimum Gasteiger partial charge on any atom is -0.347 e. The number of halogens is 1. The van der Waals surface area contributed by atoms with Crippen LogP contribution < -0.4 is 5.32 Å². The number of thiophene rings is 1. The zero-order chi connectivity index (χ0) is 10.1. The average molecular weight is 262 g/mol. The highest BCUT2D eigenvalue weighted by molar-refractivity contribution is 9.10. The molecule has 0 fully saturated rings. The minimum absolute atomic E-state index is 0.0191. The molecule has 0 aliphatic carbocycles. The molecule has 0 aromatic carbocycles. The second-order valence-corrected chi connectivity index (χ2v) is 5.57. The van der Waals surface area contributed by atoms with Crippen LogP contribution >= 0.6 is 27.3 Å². The fourth-order valence-electron chi connectivity index (χ4n) is 0.853. The quantitative estimate of drug-likeness (QED) is 0.828. The normalized spacial score (nSPS) is 11.4. The Morgan fingerprint density at radius 3 is 2.54 bits per heavy atom. The van der Waals surface area contributed by atoms with E-state index in [1.54, 1.807) is 0 Å². The molecule has 0 aliphatic rings. The second kappa shape index (κ2) is 3.80. The van der Waals surface area contributed by atoms with Crippen molar-refractivity contribution in [3.05, 3.63) is 20.8 Å². The average Bonchev–Trinajstić information content (AvgIpc) is 2.30. The van der Waals surface area contributed by atoms with Crippen LogP contribution in [0.2, 0.25) is 0 Å². The predicted octanol–water partition coefficient (Wildman–Crippen LogP) is 3.04. The molecule has 0 radical (unpaired) electrons. The van der Waals surface area contributed by atoms with E-state index in [-0.39, 0.29) is 11.4 Å². The Kier molecular flexibility index (Phi) is 3.14. The van der Waals surface area contributed by atoms with Crippen LogP contribution in [0.5, 0.6) is 0 Å². The van der Waals surface area contributed by atoms with Gasteiger partial charge in [-0.3, -0.25) is 4.79 Å². The molecule has 4 heteroatoms. The molecule has 72 valence electrons. The molecule has 1 aromatic heterocycles. The third kappa shape index (κ3) is 3.12.